The van der Waals surface area contributed by atoms with Crippen molar-refractivity contribution in [3.05, 3.63) is 12.3 Å². The maximum Gasteiger partial charge on any atom is 0.336 e. The third-order valence-corrected chi connectivity index (χ3v) is 1.28. The van der Waals surface area contributed by atoms with E-state index < -0.39 is 11.9 Å². The molecule has 0 aromatic heterocycles. The van der Waals surface area contributed by atoms with Crippen LogP contribution in [0.25, 0.3) is 0 Å². The van der Waals surface area contributed by atoms with E-state index in [1.54, 1.807) is 0 Å². The molecular weight excluding hydrogens is 216 g/mol. The number of Topliss-reactive ketones (excluding diaryl/α,β-unsaturated/α-hetero) is 1. The molecule has 0 saturated heterocycles. The number of hydrogen-bond acceptors (Lipinski definition) is 6. The minimum atomic E-state index is -0.561. The highest BCUT2D eigenvalue weighted by molar-refractivity contribution is 5.80. The Kier molecular flexibility index (Phi) is 7.70. The number of carbonyl (C=O) groups excluding carboxylic acids is 3. The maximum atomic E-state index is 10.9. The van der Waals surface area contributed by atoms with Crippen molar-refractivity contribution in [2.75, 3.05) is 20.3 Å². The van der Waals surface area contributed by atoms with Crippen LogP contribution < -0.4 is 0 Å². The summed E-state index contributed by atoms with van der Waals surface area (Å²) in [6.45, 7) is 0.922. The largest absolute Gasteiger partial charge is 0.457 e. The number of esters is 2. The summed E-state index contributed by atoms with van der Waals surface area (Å²) in [5, 5.41) is 0. The number of ketones is 1. The van der Waals surface area contributed by atoms with Gasteiger partial charge in [-0.15, -0.1) is 0 Å². The average molecular weight is 230 g/mol. The molecule has 0 aliphatic rings. The normalized spacial score (nSPS) is 10.1. The van der Waals surface area contributed by atoms with Crippen LogP contribution in [0.3, 0.4) is 0 Å². The fraction of sp³-hybridized carbons (Fsp3) is 0.500. The molecule has 6 nitrogen and oxygen atoms in total. The Bertz CT molecular complexity index is 281. The smallest absolute Gasteiger partial charge is 0.336 e. The zero-order valence-corrected chi connectivity index (χ0v) is 9.23. The Labute approximate surface area is 93.2 Å². The monoisotopic (exact) mass is 230 g/mol. The highest BCUT2D eigenvalue weighted by atomic mass is 16.6. The molecule has 90 valence electrons. The highest BCUT2D eigenvalue weighted by Gasteiger charge is 2.02. The lowest BCUT2D eigenvalue weighted by Crippen LogP contribution is -2.10. The number of hydrogen-bond donors (Lipinski definition) is 0. The number of methoxy groups -OCH3 is 1. The molecule has 16 heavy (non-hydrogen) atoms. The van der Waals surface area contributed by atoms with Gasteiger partial charge in [0.05, 0.1) is 12.7 Å². The molecule has 6 heteroatoms. The SMILES string of the molecule is COCC(=O)OC=CCC(=O)OCC(C)=O. The van der Waals surface area contributed by atoms with E-state index in [0.29, 0.717) is 0 Å². The van der Waals surface area contributed by atoms with Crippen molar-refractivity contribution in [2.45, 2.75) is 13.3 Å². The van der Waals surface area contributed by atoms with Gasteiger partial charge in [0.25, 0.3) is 0 Å². The summed E-state index contributed by atoms with van der Waals surface area (Å²) < 4.78 is 13.6. The predicted octanol–water partition coefficient (Wildman–Crippen LogP) is 0.212. The zero-order chi connectivity index (χ0) is 12.4. The minimum absolute atomic E-state index is 0.0620. The van der Waals surface area contributed by atoms with Crippen LogP contribution in [0.2, 0.25) is 0 Å². The Morgan fingerprint density at radius 3 is 2.38 bits per heavy atom. The van der Waals surface area contributed by atoms with Crippen molar-refractivity contribution in [3.8, 4) is 0 Å². The minimum Gasteiger partial charge on any atom is -0.457 e. The highest BCUT2D eigenvalue weighted by Crippen LogP contribution is 1.90. The second kappa shape index (κ2) is 8.60. The lowest BCUT2D eigenvalue weighted by molar-refractivity contribution is -0.146. The number of rotatable bonds is 7. The van der Waals surface area contributed by atoms with Gasteiger partial charge in [-0.05, 0) is 13.0 Å². The number of ether oxygens (including phenoxy) is 3. The van der Waals surface area contributed by atoms with E-state index in [-0.39, 0.29) is 25.4 Å². The molecule has 0 aromatic rings. The van der Waals surface area contributed by atoms with Crippen molar-refractivity contribution in [1.29, 1.82) is 0 Å². The van der Waals surface area contributed by atoms with E-state index in [4.69, 9.17) is 0 Å². The first kappa shape index (κ1) is 14.3. The first-order chi connectivity index (χ1) is 7.56. The third-order valence-electron chi connectivity index (χ3n) is 1.28. The summed E-state index contributed by atoms with van der Waals surface area (Å²) in [4.78, 5) is 32.1. The van der Waals surface area contributed by atoms with Gasteiger partial charge in [-0.3, -0.25) is 9.59 Å². The molecule has 0 bridgehead atoms. The summed E-state index contributed by atoms with van der Waals surface area (Å²) in [6.07, 6.45) is 2.33. The number of carbonyl (C=O) groups is 3. The van der Waals surface area contributed by atoms with Crippen molar-refractivity contribution < 1.29 is 28.6 Å². The molecular formula is C10H14O6. The zero-order valence-electron chi connectivity index (χ0n) is 9.23. The fourth-order valence-corrected chi connectivity index (χ4v) is 0.661. The molecule has 0 aliphatic heterocycles. The van der Waals surface area contributed by atoms with Gasteiger partial charge in [-0.1, -0.05) is 0 Å². The summed E-state index contributed by atoms with van der Waals surface area (Å²) >= 11 is 0. The van der Waals surface area contributed by atoms with Crippen LogP contribution in [0, 0.1) is 0 Å². The Morgan fingerprint density at radius 1 is 1.12 bits per heavy atom. The predicted molar refractivity (Wildman–Crippen MR) is 53.4 cm³/mol. The van der Waals surface area contributed by atoms with Crippen molar-refractivity contribution >= 4 is 17.7 Å². The molecule has 0 aliphatic carbocycles. The fourth-order valence-electron chi connectivity index (χ4n) is 0.661. The van der Waals surface area contributed by atoms with Gasteiger partial charge in [0, 0.05) is 7.11 Å². The second-order valence-corrected chi connectivity index (χ2v) is 2.86. The molecule has 0 radical (unpaired) electrons. The van der Waals surface area contributed by atoms with E-state index >= 15 is 0 Å². The van der Waals surface area contributed by atoms with Crippen LogP contribution in [0.4, 0.5) is 0 Å². The quantitative estimate of drug-likeness (QED) is 0.459. The third kappa shape index (κ3) is 8.89. The first-order valence-corrected chi connectivity index (χ1v) is 4.54. The standard InChI is InChI=1S/C10H14O6/c1-8(11)6-16-9(12)4-3-5-15-10(13)7-14-2/h3,5H,4,6-7H2,1-2H3. The van der Waals surface area contributed by atoms with Crippen LogP contribution >= 0.6 is 0 Å². The van der Waals surface area contributed by atoms with Gasteiger partial charge in [-0.2, -0.15) is 0 Å². The molecule has 0 aromatic carbocycles. The van der Waals surface area contributed by atoms with Gasteiger partial charge >= 0.3 is 11.9 Å². The molecule has 0 saturated carbocycles. The van der Waals surface area contributed by atoms with Gasteiger partial charge in [0.2, 0.25) is 0 Å². The molecule has 0 unspecified atom stereocenters. The Morgan fingerprint density at radius 2 is 1.81 bits per heavy atom. The summed E-state index contributed by atoms with van der Waals surface area (Å²) in [7, 11) is 1.37. The van der Waals surface area contributed by atoms with Crippen LogP contribution in [0.1, 0.15) is 13.3 Å². The molecule has 0 N–H and O–H groups in total. The maximum absolute atomic E-state index is 10.9. The van der Waals surface area contributed by atoms with E-state index in [1.807, 2.05) is 0 Å². The summed E-state index contributed by atoms with van der Waals surface area (Å²) in [6, 6.07) is 0. The van der Waals surface area contributed by atoms with E-state index in [1.165, 1.54) is 20.1 Å². The van der Waals surface area contributed by atoms with Crippen molar-refractivity contribution in [2.24, 2.45) is 0 Å². The molecule has 0 rings (SSSR count). The first-order valence-electron chi connectivity index (χ1n) is 4.54. The van der Waals surface area contributed by atoms with Gasteiger partial charge in [0.15, 0.2) is 5.78 Å². The van der Waals surface area contributed by atoms with Gasteiger partial charge in [-0.25, -0.2) is 4.79 Å². The molecule has 0 spiro atoms. The van der Waals surface area contributed by atoms with E-state index in [2.05, 4.69) is 14.2 Å². The van der Waals surface area contributed by atoms with Gasteiger partial charge in [0.1, 0.15) is 13.2 Å². The lowest BCUT2D eigenvalue weighted by atomic mass is 10.4. The molecule has 0 amide bonds. The van der Waals surface area contributed by atoms with Crippen molar-refractivity contribution in [3.63, 3.8) is 0 Å². The molecule has 0 atom stereocenters. The Hall–Kier alpha value is -1.69. The van der Waals surface area contributed by atoms with Crippen LogP contribution in [-0.2, 0) is 28.6 Å². The van der Waals surface area contributed by atoms with E-state index in [0.717, 1.165) is 6.26 Å². The topological polar surface area (TPSA) is 78.9 Å². The molecule has 0 fully saturated rings. The van der Waals surface area contributed by atoms with Crippen LogP contribution in [0.5, 0.6) is 0 Å². The van der Waals surface area contributed by atoms with Gasteiger partial charge < -0.3 is 14.2 Å². The van der Waals surface area contributed by atoms with Crippen molar-refractivity contribution in [1.82, 2.24) is 0 Å². The second-order valence-electron chi connectivity index (χ2n) is 2.86. The van der Waals surface area contributed by atoms with E-state index in [9.17, 15) is 14.4 Å². The Balaban J connectivity index is 3.63. The lowest BCUT2D eigenvalue weighted by Gasteiger charge is -1.99. The average Bonchev–Trinajstić information content (AvgIpc) is 2.22. The van der Waals surface area contributed by atoms with Crippen LogP contribution in [-0.4, -0.2) is 38.0 Å². The summed E-state index contributed by atoms with van der Waals surface area (Å²) in [5.41, 5.74) is 0. The summed E-state index contributed by atoms with van der Waals surface area (Å²) in [5.74, 6) is -1.35. The molecule has 0 heterocycles. The van der Waals surface area contributed by atoms with Crippen LogP contribution in [0.15, 0.2) is 12.3 Å².